The molecule has 0 bridgehead atoms. The lowest BCUT2D eigenvalue weighted by Gasteiger charge is -2.05. The van der Waals surface area contributed by atoms with Gasteiger partial charge in [0.1, 0.15) is 5.84 Å². The van der Waals surface area contributed by atoms with Crippen molar-refractivity contribution in [1.82, 2.24) is 0 Å². The number of aliphatic imine (C=N–C) groups is 1. The smallest absolute Gasteiger partial charge is 0.125 e. The molecule has 0 aromatic heterocycles. The zero-order valence-corrected chi connectivity index (χ0v) is 11.8. The minimum absolute atomic E-state index is 0.578. The summed E-state index contributed by atoms with van der Waals surface area (Å²) in [6, 6.07) is 16.8. The Morgan fingerprint density at radius 2 is 1.30 bits per heavy atom. The van der Waals surface area contributed by atoms with Gasteiger partial charge in [-0.05, 0) is 29.5 Å². The third-order valence-corrected chi connectivity index (χ3v) is 3.45. The molecule has 0 saturated heterocycles. The molecule has 3 nitrogen and oxygen atoms in total. The predicted molar refractivity (Wildman–Crippen MR) is 84.8 cm³/mol. The molecule has 3 heteroatoms. The maximum absolute atomic E-state index is 5.78. The van der Waals surface area contributed by atoms with Crippen molar-refractivity contribution in [3.8, 4) is 0 Å². The van der Waals surface area contributed by atoms with Crippen LogP contribution < -0.4 is 11.5 Å². The van der Waals surface area contributed by atoms with Crippen molar-refractivity contribution in [3.05, 3.63) is 70.8 Å². The summed E-state index contributed by atoms with van der Waals surface area (Å²) in [6.07, 6.45) is 2.05. The van der Waals surface area contributed by atoms with Gasteiger partial charge in [-0.25, -0.2) is 0 Å². The summed E-state index contributed by atoms with van der Waals surface area (Å²) in [4.78, 5) is 3.98. The number of nitrogens with zero attached hydrogens (tertiary/aromatic N) is 1. The minimum atomic E-state index is 0.578. The quantitative estimate of drug-likeness (QED) is 0.644. The Labute approximate surface area is 120 Å². The molecule has 0 atom stereocenters. The summed E-state index contributed by atoms with van der Waals surface area (Å²) in [5.41, 5.74) is 16.2. The fourth-order valence-electron chi connectivity index (χ4n) is 2.10. The maximum Gasteiger partial charge on any atom is 0.125 e. The Balaban J connectivity index is 1.96. The Kier molecular flexibility index (Phi) is 4.91. The number of hydrogen-bond acceptors (Lipinski definition) is 2. The first-order valence-corrected chi connectivity index (χ1v) is 6.82. The highest BCUT2D eigenvalue weighted by molar-refractivity contribution is 5.97. The van der Waals surface area contributed by atoms with Gasteiger partial charge in [0.15, 0.2) is 0 Å². The minimum Gasteiger partial charge on any atom is -0.384 e. The highest BCUT2D eigenvalue weighted by atomic mass is 14.8. The molecule has 20 heavy (non-hydrogen) atoms. The number of amidine groups is 1. The molecule has 0 unspecified atom stereocenters. The molecule has 0 radical (unpaired) electrons. The van der Waals surface area contributed by atoms with Crippen molar-refractivity contribution in [1.29, 1.82) is 0 Å². The number of rotatable bonds is 5. The summed E-state index contributed by atoms with van der Waals surface area (Å²) < 4.78 is 0. The van der Waals surface area contributed by atoms with Crippen molar-refractivity contribution in [2.75, 3.05) is 7.05 Å². The van der Waals surface area contributed by atoms with Crippen molar-refractivity contribution in [3.63, 3.8) is 0 Å². The Hall–Kier alpha value is -2.13. The van der Waals surface area contributed by atoms with Gasteiger partial charge in [-0.2, -0.15) is 0 Å². The Morgan fingerprint density at radius 1 is 0.850 bits per heavy atom. The van der Waals surface area contributed by atoms with Gasteiger partial charge in [-0.3, -0.25) is 4.99 Å². The molecular weight excluding hydrogens is 246 g/mol. The topological polar surface area (TPSA) is 64.4 Å². The Bertz CT molecular complexity index is 568. The first-order valence-electron chi connectivity index (χ1n) is 6.82. The maximum atomic E-state index is 5.78. The van der Waals surface area contributed by atoms with Gasteiger partial charge in [0.25, 0.3) is 0 Å². The number of benzene rings is 2. The van der Waals surface area contributed by atoms with Crippen LogP contribution in [0.4, 0.5) is 0 Å². The van der Waals surface area contributed by atoms with Crippen LogP contribution in [0.15, 0.2) is 53.5 Å². The third-order valence-electron chi connectivity index (χ3n) is 3.45. The van der Waals surface area contributed by atoms with Gasteiger partial charge >= 0.3 is 0 Å². The van der Waals surface area contributed by atoms with Crippen LogP contribution >= 0.6 is 0 Å². The van der Waals surface area contributed by atoms with Crippen molar-refractivity contribution < 1.29 is 0 Å². The van der Waals surface area contributed by atoms with Crippen LogP contribution in [-0.4, -0.2) is 12.9 Å². The van der Waals surface area contributed by atoms with E-state index in [4.69, 9.17) is 11.5 Å². The van der Waals surface area contributed by atoms with E-state index in [2.05, 4.69) is 41.4 Å². The summed E-state index contributed by atoms with van der Waals surface area (Å²) >= 11 is 0. The summed E-state index contributed by atoms with van der Waals surface area (Å²) in [5, 5.41) is 0. The average molecular weight is 267 g/mol. The molecule has 0 heterocycles. The lowest BCUT2D eigenvalue weighted by Crippen LogP contribution is -2.12. The molecule has 0 fully saturated rings. The van der Waals surface area contributed by atoms with Gasteiger partial charge in [-0.15, -0.1) is 0 Å². The lowest BCUT2D eigenvalue weighted by molar-refractivity contribution is 0.955. The number of nitrogens with two attached hydrogens (primary N) is 2. The highest BCUT2D eigenvalue weighted by Crippen LogP contribution is 2.10. The standard InChI is InChI=1S/C17H21N3/c1-20-17(19)16-10-8-14(9-11-16)3-2-13-4-6-15(12-18)7-5-13/h4-11H,2-3,12,18H2,1H3,(H2,19,20). The van der Waals surface area contributed by atoms with Gasteiger partial charge in [-0.1, -0.05) is 48.5 Å². The monoisotopic (exact) mass is 267 g/mol. The van der Waals surface area contributed by atoms with Gasteiger partial charge in [0.05, 0.1) is 0 Å². The van der Waals surface area contributed by atoms with E-state index < -0.39 is 0 Å². The van der Waals surface area contributed by atoms with E-state index in [1.165, 1.54) is 16.7 Å². The molecule has 4 N–H and O–H groups in total. The average Bonchev–Trinajstić information content (AvgIpc) is 2.53. The second-order valence-corrected chi connectivity index (χ2v) is 4.83. The van der Waals surface area contributed by atoms with Gasteiger partial charge in [0, 0.05) is 19.2 Å². The highest BCUT2D eigenvalue weighted by Gasteiger charge is 1.99. The molecule has 2 aromatic rings. The van der Waals surface area contributed by atoms with E-state index in [0.717, 1.165) is 18.4 Å². The largest absolute Gasteiger partial charge is 0.384 e. The van der Waals surface area contributed by atoms with Gasteiger partial charge in [0.2, 0.25) is 0 Å². The molecule has 2 aromatic carbocycles. The summed E-state index contributed by atoms with van der Waals surface area (Å²) in [5.74, 6) is 0.578. The molecule has 0 aliphatic heterocycles. The zero-order valence-electron chi connectivity index (χ0n) is 11.8. The van der Waals surface area contributed by atoms with Crippen LogP contribution in [0.1, 0.15) is 22.3 Å². The van der Waals surface area contributed by atoms with Crippen molar-refractivity contribution in [2.45, 2.75) is 19.4 Å². The van der Waals surface area contributed by atoms with Crippen molar-refractivity contribution in [2.24, 2.45) is 16.5 Å². The van der Waals surface area contributed by atoms with E-state index >= 15 is 0 Å². The molecule has 0 spiro atoms. The predicted octanol–water partition coefficient (Wildman–Crippen LogP) is 2.27. The zero-order chi connectivity index (χ0) is 14.4. The van der Waals surface area contributed by atoms with Crippen LogP contribution in [0.2, 0.25) is 0 Å². The molecule has 0 amide bonds. The number of aryl methyl sites for hydroxylation is 2. The fourth-order valence-corrected chi connectivity index (χ4v) is 2.10. The SMILES string of the molecule is CN=C(N)c1ccc(CCc2ccc(CN)cc2)cc1. The van der Waals surface area contributed by atoms with Crippen LogP contribution in [0.25, 0.3) is 0 Å². The fraction of sp³-hybridized carbons (Fsp3) is 0.235. The van der Waals surface area contributed by atoms with E-state index in [-0.39, 0.29) is 0 Å². The van der Waals surface area contributed by atoms with E-state index in [1.807, 2.05) is 12.1 Å². The second-order valence-electron chi connectivity index (χ2n) is 4.83. The molecule has 104 valence electrons. The second kappa shape index (κ2) is 6.87. The molecule has 0 saturated carbocycles. The van der Waals surface area contributed by atoms with Crippen LogP contribution in [0.5, 0.6) is 0 Å². The van der Waals surface area contributed by atoms with E-state index in [1.54, 1.807) is 7.05 Å². The molecule has 0 aliphatic carbocycles. The van der Waals surface area contributed by atoms with Gasteiger partial charge < -0.3 is 11.5 Å². The van der Waals surface area contributed by atoms with Crippen LogP contribution in [0, 0.1) is 0 Å². The molecule has 0 aliphatic rings. The summed E-state index contributed by atoms with van der Waals surface area (Å²) in [6.45, 7) is 0.599. The summed E-state index contributed by atoms with van der Waals surface area (Å²) in [7, 11) is 1.70. The van der Waals surface area contributed by atoms with Crippen LogP contribution in [0.3, 0.4) is 0 Å². The van der Waals surface area contributed by atoms with Crippen molar-refractivity contribution >= 4 is 5.84 Å². The van der Waals surface area contributed by atoms with Crippen LogP contribution in [-0.2, 0) is 19.4 Å². The number of hydrogen-bond donors (Lipinski definition) is 2. The van der Waals surface area contributed by atoms with E-state index in [0.29, 0.717) is 12.4 Å². The Morgan fingerprint density at radius 3 is 1.75 bits per heavy atom. The lowest BCUT2D eigenvalue weighted by atomic mass is 10.0. The molecular formula is C17H21N3. The normalized spacial score (nSPS) is 11.6. The molecule has 2 rings (SSSR count). The first kappa shape index (κ1) is 14.3. The third kappa shape index (κ3) is 3.68. The van der Waals surface area contributed by atoms with E-state index in [9.17, 15) is 0 Å². The first-order chi connectivity index (χ1) is 9.72.